The molecule has 0 aliphatic carbocycles. The maximum absolute atomic E-state index is 11.5. The molecule has 1 heterocycles. The molecule has 1 aliphatic heterocycles. The molecule has 0 saturated carbocycles. The van der Waals surface area contributed by atoms with E-state index in [4.69, 9.17) is 0 Å². The van der Waals surface area contributed by atoms with Crippen molar-refractivity contribution >= 4 is 5.91 Å². The molecule has 4 nitrogen and oxygen atoms in total. The number of amides is 1. The van der Waals surface area contributed by atoms with Crippen molar-refractivity contribution in [2.45, 2.75) is 12.3 Å². The van der Waals surface area contributed by atoms with Crippen molar-refractivity contribution in [2.24, 2.45) is 0 Å². The van der Waals surface area contributed by atoms with Gasteiger partial charge in [-0.3, -0.25) is 10.1 Å². The van der Waals surface area contributed by atoms with Crippen LogP contribution in [0.15, 0.2) is 54.6 Å². The van der Waals surface area contributed by atoms with Crippen LogP contribution in [0.25, 0.3) is 0 Å². The van der Waals surface area contributed by atoms with Crippen molar-refractivity contribution in [2.75, 3.05) is 6.54 Å². The van der Waals surface area contributed by atoms with Gasteiger partial charge in [-0.1, -0.05) is 42.2 Å². The molecular weight excluding hydrogens is 276 g/mol. The minimum Gasteiger partial charge on any atom is -0.382 e. The molecule has 3 N–H and O–H groups in total. The van der Waals surface area contributed by atoms with E-state index in [-0.39, 0.29) is 18.6 Å². The Kier molecular flexibility index (Phi) is 4.19. The second kappa shape index (κ2) is 6.44. The van der Waals surface area contributed by atoms with Crippen molar-refractivity contribution in [1.82, 2.24) is 10.6 Å². The van der Waals surface area contributed by atoms with Gasteiger partial charge < -0.3 is 10.4 Å². The normalized spacial score (nSPS) is 20.7. The van der Waals surface area contributed by atoms with Gasteiger partial charge in [0.25, 0.3) is 5.91 Å². The molecule has 1 aliphatic rings. The van der Waals surface area contributed by atoms with Crippen molar-refractivity contribution < 1.29 is 9.90 Å². The number of nitrogens with one attached hydrogen (secondary N) is 2. The number of hydrogen-bond acceptors (Lipinski definition) is 3. The second-order valence-electron chi connectivity index (χ2n) is 5.11. The summed E-state index contributed by atoms with van der Waals surface area (Å²) < 4.78 is 0. The van der Waals surface area contributed by atoms with Crippen molar-refractivity contribution in [3.05, 3.63) is 71.3 Å². The maximum atomic E-state index is 11.5. The SMILES string of the molecule is O=C1NC(c2cccc(C#Cc3ccccc3)c2)NCC1O. The Hall–Kier alpha value is -2.61. The number of rotatable bonds is 1. The zero-order valence-electron chi connectivity index (χ0n) is 11.9. The standard InChI is InChI=1S/C18H16N2O2/c21-16-12-19-17(20-18(16)22)15-8-4-7-14(11-15)10-9-13-5-2-1-3-6-13/h1-8,11,16-17,19,21H,12H2,(H,20,22). The smallest absolute Gasteiger partial charge is 0.251 e. The zero-order chi connectivity index (χ0) is 15.4. The van der Waals surface area contributed by atoms with E-state index in [0.717, 1.165) is 16.7 Å². The number of benzene rings is 2. The highest BCUT2D eigenvalue weighted by atomic mass is 16.3. The van der Waals surface area contributed by atoms with E-state index in [1.165, 1.54) is 0 Å². The quantitative estimate of drug-likeness (QED) is 0.691. The molecule has 110 valence electrons. The van der Waals surface area contributed by atoms with Gasteiger partial charge in [0.05, 0.1) is 0 Å². The minimum atomic E-state index is -0.989. The molecule has 1 saturated heterocycles. The summed E-state index contributed by atoms with van der Waals surface area (Å²) in [7, 11) is 0. The first-order valence-corrected chi connectivity index (χ1v) is 7.11. The minimum absolute atomic E-state index is 0.246. The molecule has 0 aromatic heterocycles. The summed E-state index contributed by atoms with van der Waals surface area (Å²) in [4.78, 5) is 11.5. The monoisotopic (exact) mass is 292 g/mol. The lowest BCUT2D eigenvalue weighted by Crippen LogP contribution is -2.53. The highest BCUT2D eigenvalue weighted by molar-refractivity contribution is 5.82. The van der Waals surface area contributed by atoms with Crippen LogP contribution in [-0.2, 0) is 4.79 Å². The number of aliphatic hydroxyl groups is 1. The van der Waals surface area contributed by atoms with Gasteiger partial charge >= 0.3 is 0 Å². The predicted octanol–water partition coefficient (Wildman–Crippen LogP) is 1.17. The second-order valence-corrected chi connectivity index (χ2v) is 5.11. The van der Waals surface area contributed by atoms with Crippen LogP contribution in [0.2, 0.25) is 0 Å². The third-order valence-electron chi connectivity index (χ3n) is 3.45. The molecule has 1 fully saturated rings. The van der Waals surface area contributed by atoms with E-state index in [1.54, 1.807) is 0 Å². The van der Waals surface area contributed by atoms with Gasteiger partial charge in [-0.15, -0.1) is 0 Å². The molecule has 2 aromatic carbocycles. The molecule has 22 heavy (non-hydrogen) atoms. The van der Waals surface area contributed by atoms with E-state index >= 15 is 0 Å². The molecule has 2 aromatic rings. The predicted molar refractivity (Wildman–Crippen MR) is 83.8 cm³/mol. The number of carbonyl (C=O) groups excluding carboxylic acids is 1. The average Bonchev–Trinajstić information content (AvgIpc) is 2.57. The Morgan fingerprint density at radius 3 is 2.50 bits per heavy atom. The lowest BCUT2D eigenvalue weighted by atomic mass is 10.1. The highest BCUT2D eigenvalue weighted by Crippen LogP contribution is 2.14. The number of β-amino-alcohol motifs (C(OH)–C–C–N with tert-alkyl or cyclic N) is 1. The van der Waals surface area contributed by atoms with Crippen LogP contribution >= 0.6 is 0 Å². The third-order valence-corrected chi connectivity index (χ3v) is 3.45. The fraction of sp³-hybridized carbons (Fsp3) is 0.167. The van der Waals surface area contributed by atoms with Crippen molar-refractivity contribution in [1.29, 1.82) is 0 Å². The van der Waals surface area contributed by atoms with Gasteiger partial charge in [-0.05, 0) is 29.8 Å². The van der Waals surface area contributed by atoms with Gasteiger partial charge in [0.2, 0.25) is 0 Å². The number of carbonyl (C=O) groups is 1. The van der Waals surface area contributed by atoms with Crippen LogP contribution in [-0.4, -0.2) is 23.7 Å². The Labute approximate surface area is 129 Å². The molecule has 3 rings (SSSR count). The lowest BCUT2D eigenvalue weighted by Gasteiger charge is -2.28. The largest absolute Gasteiger partial charge is 0.382 e. The number of hydrogen-bond donors (Lipinski definition) is 3. The molecular formula is C18H16N2O2. The fourth-order valence-corrected chi connectivity index (χ4v) is 2.27. The summed E-state index contributed by atoms with van der Waals surface area (Å²) in [5, 5.41) is 15.2. The molecule has 4 heteroatoms. The van der Waals surface area contributed by atoms with Crippen LogP contribution in [0, 0.1) is 11.8 Å². The van der Waals surface area contributed by atoms with Crippen LogP contribution in [0.5, 0.6) is 0 Å². The molecule has 0 bridgehead atoms. The van der Waals surface area contributed by atoms with Crippen LogP contribution in [0.3, 0.4) is 0 Å². The van der Waals surface area contributed by atoms with E-state index < -0.39 is 6.10 Å². The Morgan fingerprint density at radius 1 is 1.00 bits per heavy atom. The summed E-state index contributed by atoms with van der Waals surface area (Å²) in [6.45, 7) is 0.246. The zero-order valence-corrected chi connectivity index (χ0v) is 11.9. The molecule has 2 unspecified atom stereocenters. The van der Waals surface area contributed by atoms with Gasteiger partial charge in [0.1, 0.15) is 12.3 Å². The van der Waals surface area contributed by atoms with Gasteiger partial charge in [-0.25, -0.2) is 0 Å². The molecule has 0 radical (unpaired) electrons. The Bertz CT molecular complexity index is 731. The van der Waals surface area contributed by atoms with Crippen LogP contribution in [0.4, 0.5) is 0 Å². The summed E-state index contributed by atoms with van der Waals surface area (Å²) >= 11 is 0. The van der Waals surface area contributed by atoms with Gasteiger partial charge in [0.15, 0.2) is 0 Å². The molecule has 0 spiro atoms. The summed E-state index contributed by atoms with van der Waals surface area (Å²) in [6, 6.07) is 17.5. The van der Waals surface area contributed by atoms with Crippen LogP contribution < -0.4 is 10.6 Å². The topological polar surface area (TPSA) is 61.4 Å². The fourth-order valence-electron chi connectivity index (χ4n) is 2.27. The number of aliphatic hydroxyl groups excluding tert-OH is 1. The van der Waals surface area contributed by atoms with Gasteiger partial charge in [0, 0.05) is 17.7 Å². The first-order valence-electron chi connectivity index (χ1n) is 7.11. The van der Waals surface area contributed by atoms with E-state index in [0.29, 0.717) is 0 Å². The average molecular weight is 292 g/mol. The highest BCUT2D eigenvalue weighted by Gasteiger charge is 2.26. The lowest BCUT2D eigenvalue weighted by molar-refractivity contribution is -0.132. The van der Waals surface area contributed by atoms with E-state index in [9.17, 15) is 9.90 Å². The van der Waals surface area contributed by atoms with Crippen LogP contribution in [0.1, 0.15) is 22.9 Å². The summed E-state index contributed by atoms with van der Waals surface area (Å²) in [5.74, 6) is 5.87. The third kappa shape index (κ3) is 3.34. The van der Waals surface area contributed by atoms with Gasteiger partial charge in [-0.2, -0.15) is 0 Å². The maximum Gasteiger partial charge on any atom is 0.251 e. The van der Waals surface area contributed by atoms with E-state index in [2.05, 4.69) is 22.5 Å². The molecule has 1 amide bonds. The Balaban J connectivity index is 1.79. The Morgan fingerprint density at radius 2 is 1.73 bits per heavy atom. The van der Waals surface area contributed by atoms with E-state index in [1.807, 2.05) is 54.6 Å². The summed E-state index contributed by atoms with van der Waals surface area (Å²) in [5.41, 5.74) is 2.75. The first kappa shape index (κ1) is 14.3. The summed E-state index contributed by atoms with van der Waals surface area (Å²) in [6.07, 6.45) is -1.29. The molecule has 2 atom stereocenters. The first-order chi connectivity index (χ1) is 10.7. The van der Waals surface area contributed by atoms with Crippen molar-refractivity contribution in [3.63, 3.8) is 0 Å². The van der Waals surface area contributed by atoms with Crippen molar-refractivity contribution in [3.8, 4) is 11.8 Å².